The van der Waals surface area contributed by atoms with E-state index in [4.69, 9.17) is 0 Å². The molecule has 78 valence electrons. The average Bonchev–Trinajstić information content (AvgIpc) is 2.10. The minimum absolute atomic E-state index is 0.0839. The zero-order chi connectivity index (χ0) is 10.6. The lowest BCUT2D eigenvalue weighted by Crippen LogP contribution is -2.19. The SMILES string of the molecule is CC(C)CCNc1ccc(=O)n(C)n1. The van der Waals surface area contributed by atoms with Gasteiger partial charge in [0.25, 0.3) is 5.56 Å². The van der Waals surface area contributed by atoms with Crippen molar-refractivity contribution in [2.75, 3.05) is 11.9 Å². The van der Waals surface area contributed by atoms with Crippen LogP contribution in [0.1, 0.15) is 20.3 Å². The van der Waals surface area contributed by atoms with E-state index in [9.17, 15) is 4.79 Å². The number of rotatable bonds is 4. The third-order valence-electron chi connectivity index (χ3n) is 1.99. The van der Waals surface area contributed by atoms with Crippen molar-refractivity contribution in [3.63, 3.8) is 0 Å². The Bertz CT molecular complexity index is 343. The highest BCUT2D eigenvalue weighted by molar-refractivity contribution is 5.31. The van der Waals surface area contributed by atoms with Gasteiger partial charge in [-0.05, 0) is 18.4 Å². The van der Waals surface area contributed by atoms with E-state index in [-0.39, 0.29) is 5.56 Å². The molecular formula is C10H17N3O. The standard InChI is InChI=1S/C10H17N3O/c1-8(2)6-7-11-9-4-5-10(14)13(3)12-9/h4-5,8H,6-7H2,1-3H3,(H,11,12). The molecule has 4 nitrogen and oxygen atoms in total. The second-order valence-electron chi connectivity index (χ2n) is 3.79. The Morgan fingerprint density at radius 1 is 1.50 bits per heavy atom. The van der Waals surface area contributed by atoms with Crippen LogP contribution < -0.4 is 10.9 Å². The molecule has 0 amide bonds. The van der Waals surface area contributed by atoms with Crippen LogP contribution in [-0.4, -0.2) is 16.3 Å². The first-order valence-corrected chi connectivity index (χ1v) is 4.88. The summed E-state index contributed by atoms with van der Waals surface area (Å²) < 4.78 is 1.33. The van der Waals surface area contributed by atoms with Crippen LogP contribution in [0.4, 0.5) is 5.82 Å². The molecule has 0 aliphatic rings. The third kappa shape index (κ3) is 3.20. The summed E-state index contributed by atoms with van der Waals surface area (Å²) in [7, 11) is 1.65. The monoisotopic (exact) mass is 195 g/mol. The highest BCUT2D eigenvalue weighted by atomic mass is 16.1. The maximum Gasteiger partial charge on any atom is 0.266 e. The molecule has 0 aliphatic carbocycles. The fourth-order valence-electron chi connectivity index (χ4n) is 1.09. The van der Waals surface area contributed by atoms with Gasteiger partial charge in [-0.1, -0.05) is 13.8 Å². The summed E-state index contributed by atoms with van der Waals surface area (Å²) >= 11 is 0. The van der Waals surface area contributed by atoms with Gasteiger partial charge < -0.3 is 5.32 Å². The van der Waals surface area contributed by atoms with Crippen LogP contribution in [0.3, 0.4) is 0 Å². The molecule has 1 aromatic heterocycles. The molecule has 0 unspecified atom stereocenters. The summed E-state index contributed by atoms with van der Waals surface area (Å²) in [6.07, 6.45) is 1.10. The second-order valence-corrected chi connectivity index (χ2v) is 3.79. The van der Waals surface area contributed by atoms with Crippen molar-refractivity contribution < 1.29 is 0 Å². The zero-order valence-corrected chi connectivity index (χ0v) is 8.95. The van der Waals surface area contributed by atoms with Crippen molar-refractivity contribution in [3.8, 4) is 0 Å². The van der Waals surface area contributed by atoms with Gasteiger partial charge in [-0.15, -0.1) is 0 Å². The van der Waals surface area contributed by atoms with Crippen molar-refractivity contribution in [3.05, 3.63) is 22.5 Å². The van der Waals surface area contributed by atoms with E-state index in [2.05, 4.69) is 24.3 Å². The summed E-state index contributed by atoms with van der Waals surface area (Å²) in [6.45, 7) is 5.24. The summed E-state index contributed by atoms with van der Waals surface area (Å²) in [6, 6.07) is 3.23. The zero-order valence-electron chi connectivity index (χ0n) is 8.95. The van der Waals surface area contributed by atoms with Crippen molar-refractivity contribution in [1.82, 2.24) is 9.78 Å². The molecule has 0 fully saturated rings. The summed E-state index contributed by atoms with van der Waals surface area (Å²) in [4.78, 5) is 11.0. The van der Waals surface area contributed by atoms with Gasteiger partial charge in [0.05, 0.1) is 0 Å². The molecule has 0 bridgehead atoms. The third-order valence-corrected chi connectivity index (χ3v) is 1.99. The number of nitrogens with one attached hydrogen (secondary N) is 1. The molecule has 4 heteroatoms. The van der Waals surface area contributed by atoms with E-state index in [1.165, 1.54) is 10.7 Å². The van der Waals surface area contributed by atoms with Gasteiger partial charge in [0.1, 0.15) is 5.82 Å². The highest BCUT2D eigenvalue weighted by Crippen LogP contribution is 2.01. The Balaban J connectivity index is 2.52. The molecule has 14 heavy (non-hydrogen) atoms. The van der Waals surface area contributed by atoms with E-state index in [1.54, 1.807) is 13.1 Å². The Hall–Kier alpha value is -1.32. The molecule has 1 aromatic rings. The topological polar surface area (TPSA) is 46.9 Å². The quantitative estimate of drug-likeness (QED) is 0.786. The van der Waals surface area contributed by atoms with E-state index in [0.717, 1.165) is 18.8 Å². The lowest BCUT2D eigenvalue weighted by atomic mass is 10.1. The first kappa shape index (κ1) is 10.8. The lowest BCUT2D eigenvalue weighted by molar-refractivity contribution is 0.604. The van der Waals surface area contributed by atoms with Crippen LogP contribution in [0.15, 0.2) is 16.9 Å². The molecule has 0 saturated heterocycles. The van der Waals surface area contributed by atoms with Crippen molar-refractivity contribution in [2.24, 2.45) is 13.0 Å². The first-order valence-electron chi connectivity index (χ1n) is 4.88. The number of hydrogen-bond donors (Lipinski definition) is 1. The predicted octanol–water partition coefficient (Wildman–Crippen LogP) is 1.24. The van der Waals surface area contributed by atoms with Crippen LogP contribution in [0.2, 0.25) is 0 Å². The molecule has 0 aliphatic heterocycles. The first-order chi connectivity index (χ1) is 6.59. The molecule has 1 heterocycles. The summed E-state index contributed by atoms with van der Waals surface area (Å²) in [5.41, 5.74) is -0.0839. The molecule has 0 atom stereocenters. The van der Waals surface area contributed by atoms with Gasteiger partial charge in [0, 0.05) is 19.7 Å². The van der Waals surface area contributed by atoms with Gasteiger partial charge in [-0.25, -0.2) is 4.68 Å². The molecule has 0 radical (unpaired) electrons. The molecule has 0 saturated carbocycles. The molecule has 0 aromatic carbocycles. The molecule has 0 spiro atoms. The lowest BCUT2D eigenvalue weighted by Gasteiger charge is -2.07. The summed E-state index contributed by atoms with van der Waals surface area (Å²) in [5.74, 6) is 1.43. The van der Waals surface area contributed by atoms with Crippen molar-refractivity contribution >= 4 is 5.82 Å². The Labute approximate surface area is 84.0 Å². The largest absolute Gasteiger partial charge is 0.369 e. The maximum atomic E-state index is 11.0. The van der Waals surface area contributed by atoms with Crippen LogP contribution in [-0.2, 0) is 7.05 Å². The average molecular weight is 195 g/mol. The number of hydrogen-bond acceptors (Lipinski definition) is 3. The van der Waals surface area contributed by atoms with Crippen molar-refractivity contribution in [1.29, 1.82) is 0 Å². The Kier molecular flexibility index (Phi) is 3.68. The Morgan fingerprint density at radius 2 is 2.21 bits per heavy atom. The second kappa shape index (κ2) is 4.79. The van der Waals surface area contributed by atoms with Gasteiger partial charge in [0.2, 0.25) is 0 Å². The van der Waals surface area contributed by atoms with Crippen LogP contribution in [0.25, 0.3) is 0 Å². The smallest absolute Gasteiger partial charge is 0.266 e. The van der Waals surface area contributed by atoms with Crippen LogP contribution in [0, 0.1) is 5.92 Å². The Morgan fingerprint density at radius 3 is 2.79 bits per heavy atom. The number of nitrogens with zero attached hydrogens (tertiary/aromatic N) is 2. The minimum Gasteiger partial charge on any atom is -0.369 e. The van der Waals surface area contributed by atoms with Crippen LogP contribution >= 0.6 is 0 Å². The highest BCUT2D eigenvalue weighted by Gasteiger charge is 1.97. The van der Waals surface area contributed by atoms with E-state index in [1.807, 2.05) is 0 Å². The van der Waals surface area contributed by atoms with Gasteiger partial charge >= 0.3 is 0 Å². The van der Waals surface area contributed by atoms with E-state index in [0.29, 0.717) is 5.92 Å². The maximum absolute atomic E-state index is 11.0. The molecule has 1 rings (SSSR count). The fraction of sp³-hybridized carbons (Fsp3) is 0.600. The van der Waals surface area contributed by atoms with Gasteiger partial charge in [-0.3, -0.25) is 4.79 Å². The van der Waals surface area contributed by atoms with Gasteiger partial charge in [0.15, 0.2) is 0 Å². The van der Waals surface area contributed by atoms with Crippen molar-refractivity contribution in [2.45, 2.75) is 20.3 Å². The molecular weight excluding hydrogens is 178 g/mol. The summed E-state index contributed by atoms with van der Waals surface area (Å²) in [5, 5.41) is 7.24. The van der Waals surface area contributed by atoms with E-state index >= 15 is 0 Å². The van der Waals surface area contributed by atoms with E-state index < -0.39 is 0 Å². The van der Waals surface area contributed by atoms with Crippen LogP contribution in [0.5, 0.6) is 0 Å². The van der Waals surface area contributed by atoms with Gasteiger partial charge in [-0.2, -0.15) is 5.10 Å². The minimum atomic E-state index is -0.0839. The molecule has 1 N–H and O–H groups in total. The normalized spacial score (nSPS) is 10.6. The number of aromatic nitrogens is 2. The number of aryl methyl sites for hydroxylation is 1. The fourth-order valence-corrected chi connectivity index (χ4v) is 1.09. The predicted molar refractivity (Wildman–Crippen MR) is 57.4 cm³/mol. The number of anilines is 1.